The molecule has 12 nitrogen and oxygen atoms in total. The second-order valence-corrected chi connectivity index (χ2v) is 32.1. The van der Waals surface area contributed by atoms with Gasteiger partial charge in [0.1, 0.15) is 19.0 Å². The van der Waals surface area contributed by atoms with Crippen LogP contribution in [0.4, 0.5) is 9.59 Å². The molecule has 1 N–H and O–H groups in total. The molecular weight excluding hydrogens is 1190 g/mol. The summed E-state index contributed by atoms with van der Waals surface area (Å²) in [6.45, 7) is 20.9. The number of fused-ring (bicyclic) bond motifs is 12. The van der Waals surface area contributed by atoms with E-state index in [2.05, 4.69) is 96.1 Å². The van der Waals surface area contributed by atoms with Crippen molar-refractivity contribution in [2.75, 3.05) is 13.1 Å². The van der Waals surface area contributed by atoms with E-state index in [1.807, 2.05) is 70.5 Å². The molecule has 4 saturated heterocycles. The first kappa shape index (κ1) is 64.1. The van der Waals surface area contributed by atoms with Crippen molar-refractivity contribution in [1.29, 1.82) is 0 Å². The quantitative estimate of drug-likeness (QED) is 0.0763. The number of halogens is 1. The van der Waals surface area contributed by atoms with Gasteiger partial charge in [-0.1, -0.05) is 140 Å². The Hall–Kier alpha value is -4.05. The number of piperidine rings is 2. The third-order valence-corrected chi connectivity index (χ3v) is 27.0. The van der Waals surface area contributed by atoms with E-state index in [0.29, 0.717) is 84.3 Å². The molecule has 2 aromatic rings. The van der Waals surface area contributed by atoms with E-state index in [1.54, 1.807) is 16.7 Å². The van der Waals surface area contributed by atoms with Gasteiger partial charge in [0.15, 0.2) is 5.78 Å². The average Bonchev–Trinajstić information content (AvgIpc) is 1.56. The first-order valence-electron chi connectivity index (χ1n) is 33.9. The number of alkyl halides is 1. The van der Waals surface area contributed by atoms with Crippen LogP contribution in [0.2, 0.25) is 0 Å². The van der Waals surface area contributed by atoms with Gasteiger partial charge in [-0.2, -0.15) is 0 Å². The topological polar surface area (TPSA) is 144 Å². The molecule has 6 saturated carbocycles. The maximum absolute atomic E-state index is 13.5. The minimum absolute atomic E-state index is 0.0297. The Labute approximate surface area is 539 Å². The Balaban J connectivity index is 0.000000164. The fourth-order valence-corrected chi connectivity index (χ4v) is 22.7. The Morgan fingerprint density at radius 2 is 1.12 bits per heavy atom. The van der Waals surface area contributed by atoms with Gasteiger partial charge >= 0.3 is 36.9 Å². The summed E-state index contributed by atoms with van der Waals surface area (Å²) in [6, 6.07) is 20.0. The summed E-state index contributed by atoms with van der Waals surface area (Å²) in [5, 5.41) is 9.84. The number of hydrogen-bond donors (Lipinski definition) is 2. The molecule has 2 amide bonds. The van der Waals surface area contributed by atoms with Crippen molar-refractivity contribution in [3.8, 4) is 0 Å². The van der Waals surface area contributed by atoms with E-state index in [9.17, 15) is 24.3 Å². The fraction of sp³-hybridized carbons (Fsp3) is 0.699. The summed E-state index contributed by atoms with van der Waals surface area (Å²) in [7, 11) is 4.34. The molecular formula is C73H98BBrN3O9S. The Morgan fingerprint density at radius 1 is 0.682 bits per heavy atom. The first-order valence-corrected chi connectivity index (χ1v) is 35.2. The molecule has 15 heteroatoms. The number of likely N-dealkylation sites (tertiary alicyclic amines) is 2. The summed E-state index contributed by atoms with van der Waals surface area (Å²) in [6.07, 6.45) is 19.3. The van der Waals surface area contributed by atoms with E-state index in [1.165, 1.54) is 37.7 Å². The fourth-order valence-electron chi connectivity index (χ4n) is 21.8. The van der Waals surface area contributed by atoms with Gasteiger partial charge in [0.2, 0.25) is 0 Å². The molecule has 0 bridgehead atoms. The van der Waals surface area contributed by atoms with Crippen molar-refractivity contribution >= 4 is 60.1 Å². The molecule has 4 heterocycles. The molecule has 475 valence electrons. The maximum atomic E-state index is 13.5. The summed E-state index contributed by atoms with van der Waals surface area (Å²) >= 11 is 6.94. The Bertz CT molecular complexity index is 3070. The van der Waals surface area contributed by atoms with Crippen LogP contribution in [-0.4, -0.2) is 99.7 Å². The molecule has 4 aliphatic heterocycles. The monoisotopic (exact) mass is 1280 g/mol. The van der Waals surface area contributed by atoms with Crippen LogP contribution in [0.1, 0.15) is 182 Å². The van der Waals surface area contributed by atoms with Gasteiger partial charge < -0.3 is 33.9 Å². The molecule has 0 aromatic heterocycles. The number of aliphatic hydroxyl groups is 1. The molecule has 10 fully saturated rings. The van der Waals surface area contributed by atoms with Gasteiger partial charge in [-0.05, 0) is 198 Å². The molecule has 14 rings (SSSR count). The van der Waals surface area contributed by atoms with Gasteiger partial charge in [-0.15, -0.1) is 0 Å². The van der Waals surface area contributed by atoms with Crippen LogP contribution in [0.5, 0.6) is 0 Å². The van der Waals surface area contributed by atoms with E-state index in [0.717, 1.165) is 113 Å². The number of ketones is 2. The van der Waals surface area contributed by atoms with E-state index >= 15 is 0 Å². The van der Waals surface area contributed by atoms with Crippen molar-refractivity contribution in [2.24, 2.45) is 86.1 Å². The summed E-state index contributed by atoms with van der Waals surface area (Å²) in [4.78, 5) is 56.4. The van der Waals surface area contributed by atoms with Gasteiger partial charge in [0.25, 0.3) is 0 Å². The van der Waals surface area contributed by atoms with Crippen LogP contribution in [0, 0.1) is 81.8 Å². The van der Waals surface area contributed by atoms with Crippen LogP contribution in [-0.2, 0) is 41.8 Å². The number of amides is 2. The molecule has 1 radical (unpaired) electrons. The second kappa shape index (κ2) is 25.5. The predicted octanol–water partition coefficient (Wildman–Crippen LogP) is 16.1. The molecule has 21 atom stereocenters. The zero-order valence-electron chi connectivity index (χ0n) is 53.7. The number of ether oxygens (including phenoxy) is 4. The van der Waals surface area contributed by atoms with E-state index in [-0.39, 0.29) is 81.0 Å². The number of hydrogen-bond acceptors (Lipinski definition) is 11. The Morgan fingerprint density at radius 3 is 1.58 bits per heavy atom. The van der Waals surface area contributed by atoms with E-state index in [4.69, 9.17) is 18.9 Å². The zero-order valence-corrected chi connectivity index (χ0v) is 56.2. The van der Waals surface area contributed by atoms with Gasteiger partial charge in [0, 0.05) is 43.3 Å². The zero-order chi connectivity index (χ0) is 62.2. The summed E-state index contributed by atoms with van der Waals surface area (Å²) in [5.41, 5.74) is 8.93. The number of benzene rings is 2. The number of aliphatic hydroxyl groups excluding tert-OH is 1. The van der Waals surface area contributed by atoms with Crippen molar-refractivity contribution in [3.63, 3.8) is 0 Å². The van der Waals surface area contributed by atoms with Crippen molar-refractivity contribution in [1.82, 2.24) is 9.80 Å². The third kappa shape index (κ3) is 11.5. The van der Waals surface area contributed by atoms with E-state index < -0.39 is 0 Å². The first-order chi connectivity index (χ1) is 42.1. The Kier molecular flexibility index (Phi) is 18.5. The number of carbonyl (C=O) groups excluding carboxylic acids is 4. The number of carbonyl (C=O) groups is 4. The van der Waals surface area contributed by atoms with Crippen LogP contribution in [0.15, 0.2) is 99.1 Å². The molecule has 88 heavy (non-hydrogen) atoms. The molecule has 1 unspecified atom stereocenters. The van der Waals surface area contributed by atoms with Crippen molar-refractivity contribution < 1.29 is 43.2 Å². The predicted molar refractivity (Wildman–Crippen MR) is 349 cm³/mol. The number of nitrogens with zero attached hydrogens (tertiary/aromatic N) is 3. The molecule has 2 spiro atoms. The number of Topliss-reactive ketones (excluding diaryl/α,β-unsaturated/α-hetero) is 2. The molecule has 2 aromatic carbocycles. The molecule has 12 aliphatic rings. The standard InChI is InChI=1S/C37H49NO5.C36H48BrNO4.BHNS/c1-22-14-33-34(38(19-22)35(41)42-21-25-8-6-5-7-9-25)24(3)37(43-33)13-12-28-29-11-10-27-15-32(40)26(20-39)18-36(27,4)31(29)16-30(28)23(2)17-37;1-21-14-32-33(38(19-21)34(40)41-20-24-8-6-5-7-9-24)23(3)36(42-32)13-12-26-27-11-10-25-15-31(39)30(37)18-35(25,4)29(27)16-28(26)22(2)17-36;1-2-3/h5-9,20,22,24,27-29,31,33-34,39H,10-19,21H2,1-4H3;5-9,21,23,25-27,29-30,32-33H,10-20H2,1-4H3;3H/b26-20-;;/t22-,24+,27+,28-,29-,31-,33+,34-,36-,37-;21-,23+,25+,26-,27-,29-,30?,32+,33-,35-,36-;/m00./s1. The van der Waals surface area contributed by atoms with Crippen molar-refractivity contribution in [3.05, 3.63) is 106 Å². The summed E-state index contributed by atoms with van der Waals surface area (Å²) in [5.74, 6) is 6.62. The number of allylic oxidation sites excluding steroid dienone is 3. The second-order valence-electron chi connectivity index (χ2n) is 30.7. The number of rotatable bonds is 4. The molecule has 8 aliphatic carbocycles. The van der Waals surface area contributed by atoms with Gasteiger partial charge in [0.05, 0.1) is 46.6 Å². The number of thiol groups is 1. The van der Waals surface area contributed by atoms with Crippen LogP contribution in [0.25, 0.3) is 0 Å². The normalized spacial score (nSPS) is 42.6. The SMILES string of the molecule is CC1=C2C[C@H]3[C@@H](CC[C@@H]4CC(=O)/C(=C\O)C[C@@]43C)[C@@H]2CC[C@@]2(C1)O[C@@H]1C[C@H](C)CN(C(=O)OCc3ccccc3)[C@H]1[C@H]2C.CC1=C2C[C@H]3[C@@H](CC[C@@H]4CC(=O)C(Br)C[C@@]43C)[C@@H]2CC[C@@]2(C1)O[C@@H]1C[C@H](C)CN(C(=O)OCc3ccccc3)[C@H]1[C@H]2C.[B]=NS. The van der Waals surface area contributed by atoms with Crippen molar-refractivity contribution in [2.45, 2.75) is 224 Å². The third-order valence-electron chi connectivity index (χ3n) is 26.1. The minimum atomic E-state index is -0.251. The van der Waals surface area contributed by atoms with Crippen LogP contribution < -0.4 is 0 Å². The van der Waals surface area contributed by atoms with Crippen LogP contribution >= 0.6 is 28.7 Å². The van der Waals surface area contributed by atoms with Crippen LogP contribution in [0.3, 0.4) is 0 Å². The van der Waals surface area contributed by atoms with Gasteiger partial charge in [-0.25, -0.2) is 9.59 Å². The summed E-state index contributed by atoms with van der Waals surface area (Å²) < 4.78 is 28.8. The van der Waals surface area contributed by atoms with Gasteiger partial charge in [-0.3, -0.25) is 9.59 Å². The average molecular weight is 1280 g/mol.